The Hall–Kier alpha value is -3.76. The molecule has 0 aliphatic carbocycles. The van der Waals surface area contributed by atoms with E-state index in [1.54, 1.807) is 24.3 Å². The molecule has 33 heavy (non-hydrogen) atoms. The third-order valence-corrected chi connectivity index (χ3v) is 6.18. The number of aryl methyl sites for hydroxylation is 1. The highest BCUT2D eigenvalue weighted by Gasteiger charge is 2.12. The van der Waals surface area contributed by atoms with E-state index in [4.69, 9.17) is 16.3 Å². The first kappa shape index (κ1) is 21.1. The lowest BCUT2D eigenvalue weighted by molar-refractivity contribution is 0.102. The largest absolute Gasteiger partial charge is 0.489 e. The summed E-state index contributed by atoms with van der Waals surface area (Å²) < 4.78 is 8.10. The van der Waals surface area contributed by atoms with Crippen LogP contribution in [0.2, 0.25) is 5.02 Å². The minimum atomic E-state index is -0.161. The number of halogens is 1. The zero-order valence-electron chi connectivity index (χ0n) is 18.2. The number of anilines is 1. The zero-order chi connectivity index (χ0) is 22.8. The number of nitrogens with zero attached hydrogens (tertiary/aromatic N) is 1. The van der Waals surface area contributed by atoms with Crippen molar-refractivity contribution < 1.29 is 9.53 Å². The van der Waals surface area contributed by atoms with Gasteiger partial charge in [-0.2, -0.15) is 0 Å². The Labute approximate surface area is 197 Å². The first-order valence-electron chi connectivity index (χ1n) is 10.9. The monoisotopic (exact) mass is 454 g/mol. The summed E-state index contributed by atoms with van der Waals surface area (Å²) in [7, 11) is 0. The highest BCUT2D eigenvalue weighted by molar-refractivity contribution is 6.31. The number of aromatic nitrogens is 1. The Morgan fingerprint density at radius 1 is 0.879 bits per heavy atom. The van der Waals surface area contributed by atoms with Gasteiger partial charge in [0.05, 0.1) is 0 Å². The first-order chi connectivity index (χ1) is 16.1. The molecule has 1 heterocycles. The maximum absolute atomic E-state index is 12.8. The van der Waals surface area contributed by atoms with Crippen molar-refractivity contribution in [3.8, 4) is 5.75 Å². The van der Waals surface area contributed by atoms with E-state index >= 15 is 0 Å². The summed E-state index contributed by atoms with van der Waals surface area (Å²) in [6, 6.07) is 29.1. The van der Waals surface area contributed by atoms with E-state index in [2.05, 4.69) is 41.1 Å². The van der Waals surface area contributed by atoms with Crippen molar-refractivity contribution in [2.75, 3.05) is 5.32 Å². The van der Waals surface area contributed by atoms with Crippen molar-refractivity contribution in [3.63, 3.8) is 0 Å². The lowest BCUT2D eigenvalue weighted by Gasteiger charge is -2.09. The quantitative estimate of drug-likeness (QED) is 0.292. The lowest BCUT2D eigenvalue weighted by Crippen LogP contribution is -2.11. The molecule has 0 bridgehead atoms. The number of benzene rings is 4. The molecule has 5 aromatic rings. The molecule has 1 N–H and O–H groups in total. The number of carbonyl (C=O) groups is 1. The summed E-state index contributed by atoms with van der Waals surface area (Å²) in [4.78, 5) is 12.8. The van der Waals surface area contributed by atoms with Gasteiger partial charge < -0.3 is 14.6 Å². The summed E-state index contributed by atoms with van der Waals surface area (Å²) in [6.45, 7) is 3.40. The van der Waals surface area contributed by atoms with Crippen LogP contribution in [0.4, 0.5) is 5.69 Å². The molecule has 1 aromatic heterocycles. The summed E-state index contributed by atoms with van der Waals surface area (Å²) in [5, 5.41) is 6.01. The second-order valence-electron chi connectivity index (χ2n) is 7.85. The molecule has 0 unspecified atom stereocenters. The van der Waals surface area contributed by atoms with Gasteiger partial charge in [0, 0.05) is 50.2 Å². The molecule has 5 rings (SSSR count). The fraction of sp³-hybridized carbons (Fsp3) is 0.107. The second-order valence-corrected chi connectivity index (χ2v) is 8.26. The molecular formula is C28H23ClN2O2. The average molecular weight is 455 g/mol. The molecule has 0 atom stereocenters. The first-order valence-corrected chi connectivity index (χ1v) is 11.3. The molecule has 0 fully saturated rings. The highest BCUT2D eigenvalue weighted by Crippen LogP contribution is 2.31. The predicted molar refractivity (Wildman–Crippen MR) is 135 cm³/mol. The fourth-order valence-electron chi connectivity index (χ4n) is 4.15. The number of carbonyl (C=O) groups excluding carboxylic acids is 1. The van der Waals surface area contributed by atoms with Gasteiger partial charge in [-0.15, -0.1) is 0 Å². The van der Waals surface area contributed by atoms with Crippen molar-refractivity contribution >= 4 is 45.0 Å². The molecular weight excluding hydrogens is 432 g/mol. The number of para-hydroxylation sites is 1. The average Bonchev–Trinajstić information content (AvgIpc) is 3.17. The van der Waals surface area contributed by atoms with Gasteiger partial charge in [-0.3, -0.25) is 4.79 Å². The van der Waals surface area contributed by atoms with Gasteiger partial charge in [0.1, 0.15) is 12.4 Å². The number of hydrogen-bond acceptors (Lipinski definition) is 2. The van der Waals surface area contributed by atoms with Crippen LogP contribution in [-0.4, -0.2) is 10.5 Å². The van der Waals surface area contributed by atoms with Crippen LogP contribution in [0.3, 0.4) is 0 Å². The smallest absolute Gasteiger partial charge is 0.255 e. The van der Waals surface area contributed by atoms with Crippen LogP contribution in [0.25, 0.3) is 21.8 Å². The minimum Gasteiger partial charge on any atom is -0.489 e. The summed E-state index contributed by atoms with van der Waals surface area (Å²) in [6.07, 6.45) is 0. The summed E-state index contributed by atoms with van der Waals surface area (Å²) in [5.41, 5.74) is 4.62. The standard InChI is InChI=1S/C28H23ClN2O2/c1-2-31-26-10-6-4-8-23(26)24-17-21(13-16-27(24)31)30-28(32)19-11-14-22(15-12-19)33-18-20-7-3-5-9-25(20)29/h3-17H,2,18H2,1H3,(H,30,32). The molecule has 0 aliphatic heterocycles. The third kappa shape index (κ3) is 4.18. The highest BCUT2D eigenvalue weighted by atomic mass is 35.5. The molecule has 5 heteroatoms. The van der Waals surface area contributed by atoms with Crippen molar-refractivity contribution in [1.82, 2.24) is 4.57 Å². The van der Waals surface area contributed by atoms with Gasteiger partial charge in [0.2, 0.25) is 0 Å². The van der Waals surface area contributed by atoms with Gasteiger partial charge in [0.25, 0.3) is 5.91 Å². The minimum absolute atomic E-state index is 0.161. The molecule has 0 radical (unpaired) electrons. The van der Waals surface area contributed by atoms with Gasteiger partial charge in [-0.1, -0.05) is 48.0 Å². The number of ether oxygens (including phenoxy) is 1. The van der Waals surface area contributed by atoms with Gasteiger partial charge in [-0.05, 0) is 61.5 Å². The molecule has 0 spiro atoms. The third-order valence-electron chi connectivity index (χ3n) is 5.82. The van der Waals surface area contributed by atoms with Crippen LogP contribution in [-0.2, 0) is 13.2 Å². The Balaban J connectivity index is 1.32. The molecule has 1 amide bonds. The van der Waals surface area contributed by atoms with E-state index < -0.39 is 0 Å². The van der Waals surface area contributed by atoms with Crippen molar-refractivity contribution in [3.05, 3.63) is 107 Å². The number of nitrogens with one attached hydrogen (secondary N) is 1. The number of rotatable bonds is 6. The molecule has 4 aromatic carbocycles. The predicted octanol–water partition coefficient (Wildman–Crippen LogP) is 7.30. The van der Waals surface area contributed by atoms with Crippen molar-refractivity contribution in [1.29, 1.82) is 0 Å². The Morgan fingerprint density at radius 2 is 1.61 bits per heavy atom. The van der Waals surface area contributed by atoms with Crippen molar-refractivity contribution in [2.24, 2.45) is 0 Å². The van der Waals surface area contributed by atoms with Gasteiger partial charge in [0.15, 0.2) is 0 Å². The SMILES string of the molecule is CCn1c2ccccc2c2cc(NC(=O)c3ccc(OCc4ccccc4Cl)cc3)ccc21. The Kier molecular flexibility index (Phi) is 5.76. The second kappa shape index (κ2) is 9.00. The maximum Gasteiger partial charge on any atom is 0.255 e. The number of hydrogen-bond donors (Lipinski definition) is 1. The van der Waals surface area contributed by atoms with Crippen molar-refractivity contribution in [2.45, 2.75) is 20.1 Å². The molecule has 4 nitrogen and oxygen atoms in total. The van der Waals surface area contributed by atoms with E-state index in [1.165, 1.54) is 10.9 Å². The zero-order valence-corrected chi connectivity index (χ0v) is 19.0. The lowest BCUT2D eigenvalue weighted by atomic mass is 10.1. The normalized spacial score (nSPS) is 11.1. The Bertz CT molecular complexity index is 1450. The van der Waals surface area contributed by atoms with E-state index in [9.17, 15) is 4.79 Å². The Morgan fingerprint density at radius 3 is 2.39 bits per heavy atom. The number of fused-ring (bicyclic) bond motifs is 3. The van der Waals surface area contributed by atoms with E-state index in [0.29, 0.717) is 22.9 Å². The van der Waals surface area contributed by atoms with Gasteiger partial charge >= 0.3 is 0 Å². The van der Waals surface area contributed by atoms with Crippen LogP contribution in [0, 0.1) is 0 Å². The van der Waals surface area contributed by atoms with E-state index in [0.717, 1.165) is 28.7 Å². The van der Waals surface area contributed by atoms with Crippen LogP contribution >= 0.6 is 11.6 Å². The summed E-state index contributed by atoms with van der Waals surface area (Å²) >= 11 is 6.18. The molecule has 0 aliphatic rings. The summed E-state index contributed by atoms with van der Waals surface area (Å²) in [5.74, 6) is 0.520. The molecule has 0 saturated heterocycles. The molecule has 164 valence electrons. The maximum atomic E-state index is 12.8. The number of amides is 1. The topological polar surface area (TPSA) is 43.3 Å². The fourth-order valence-corrected chi connectivity index (χ4v) is 4.34. The van der Waals surface area contributed by atoms with E-state index in [-0.39, 0.29) is 5.91 Å². The molecule has 0 saturated carbocycles. The van der Waals surface area contributed by atoms with Crippen LogP contribution in [0.5, 0.6) is 5.75 Å². The van der Waals surface area contributed by atoms with Crippen LogP contribution in [0.1, 0.15) is 22.8 Å². The van der Waals surface area contributed by atoms with E-state index in [1.807, 2.05) is 42.5 Å². The van der Waals surface area contributed by atoms with Crippen LogP contribution in [0.15, 0.2) is 91.0 Å². The van der Waals surface area contributed by atoms with Gasteiger partial charge in [-0.25, -0.2) is 0 Å². The van der Waals surface area contributed by atoms with Crippen LogP contribution < -0.4 is 10.1 Å².